The van der Waals surface area contributed by atoms with E-state index in [1.807, 2.05) is 0 Å². The van der Waals surface area contributed by atoms with E-state index >= 15 is 0 Å². The Morgan fingerprint density at radius 2 is 2.15 bits per heavy atom. The minimum absolute atomic E-state index is 0.196. The highest BCUT2D eigenvalue weighted by Gasteiger charge is 2.26. The lowest BCUT2D eigenvalue weighted by molar-refractivity contribution is 0.256. The molecule has 1 aromatic heterocycles. The number of nitrogens with zero attached hydrogens (tertiary/aromatic N) is 3. The lowest BCUT2D eigenvalue weighted by Gasteiger charge is -2.05. The van der Waals surface area contributed by atoms with Crippen LogP contribution in [0.1, 0.15) is 24.1 Å². The third kappa shape index (κ3) is 2.96. The van der Waals surface area contributed by atoms with Crippen LogP contribution >= 0.6 is 0 Å². The van der Waals surface area contributed by atoms with Crippen LogP contribution in [0.2, 0.25) is 0 Å². The quantitative estimate of drug-likeness (QED) is 0.857. The molecule has 3 rings (SSSR count). The Bertz CT molecular complexity index is 570. The van der Waals surface area contributed by atoms with Gasteiger partial charge in [0.25, 0.3) is 5.89 Å². The molecule has 106 valence electrons. The summed E-state index contributed by atoms with van der Waals surface area (Å²) in [4.78, 5) is 2.24. The lowest BCUT2D eigenvalue weighted by Crippen LogP contribution is -2.13. The molecule has 2 aromatic rings. The third-order valence-electron chi connectivity index (χ3n) is 3.40. The molecule has 1 unspecified atom stereocenters. The zero-order valence-electron chi connectivity index (χ0n) is 11.3. The molecule has 0 amide bonds. The molecular formula is C14H16FN3O2. The molecule has 0 radical (unpaired) electrons. The lowest BCUT2D eigenvalue weighted by atomic mass is 10.1. The van der Waals surface area contributed by atoms with Crippen molar-refractivity contribution in [1.29, 1.82) is 0 Å². The number of rotatable bonds is 4. The normalized spacial score (nSPS) is 19.4. The second-order valence-electron chi connectivity index (χ2n) is 5.02. The fourth-order valence-corrected chi connectivity index (χ4v) is 2.30. The van der Waals surface area contributed by atoms with Crippen molar-refractivity contribution in [2.75, 3.05) is 20.1 Å². The van der Waals surface area contributed by atoms with Gasteiger partial charge in [0.15, 0.2) is 6.61 Å². The molecule has 20 heavy (non-hydrogen) atoms. The topological polar surface area (TPSA) is 51.4 Å². The Hall–Kier alpha value is -1.95. The minimum atomic E-state index is -0.289. The molecule has 2 heterocycles. The van der Waals surface area contributed by atoms with Gasteiger partial charge in [0.1, 0.15) is 11.6 Å². The first-order valence-electron chi connectivity index (χ1n) is 6.60. The van der Waals surface area contributed by atoms with Crippen molar-refractivity contribution in [1.82, 2.24) is 15.1 Å². The van der Waals surface area contributed by atoms with Crippen LogP contribution in [-0.4, -0.2) is 35.2 Å². The molecule has 0 bridgehead atoms. The molecule has 6 heteroatoms. The fraction of sp³-hybridized carbons (Fsp3) is 0.429. The van der Waals surface area contributed by atoms with Gasteiger partial charge in [-0.3, -0.25) is 0 Å². The summed E-state index contributed by atoms with van der Waals surface area (Å²) in [5.74, 6) is 1.72. The largest absolute Gasteiger partial charge is 0.484 e. The fourth-order valence-electron chi connectivity index (χ4n) is 2.30. The smallest absolute Gasteiger partial charge is 0.253 e. The van der Waals surface area contributed by atoms with E-state index in [0.717, 1.165) is 19.5 Å². The van der Waals surface area contributed by atoms with E-state index in [-0.39, 0.29) is 12.4 Å². The highest BCUT2D eigenvalue weighted by Crippen LogP contribution is 2.25. The molecule has 1 atom stereocenters. The van der Waals surface area contributed by atoms with Crippen LogP contribution in [0.25, 0.3) is 0 Å². The van der Waals surface area contributed by atoms with Gasteiger partial charge >= 0.3 is 0 Å². The number of aromatic nitrogens is 2. The summed E-state index contributed by atoms with van der Waals surface area (Å²) in [5, 5.41) is 8.06. The predicted molar refractivity (Wildman–Crippen MR) is 69.9 cm³/mol. The van der Waals surface area contributed by atoms with Crippen molar-refractivity contribution in [3.8, 4) is 5.75 Å². The zero-order valence-corrected chi connectivity index (χ0v) is 11.3. The van der Waals surface area contributed by atoms with E-state index in [2.05, 4.69) is 22.1 Å². The van der Waals surface area contributed by atoms with Gasteiger partial charge < -0.3 is 14.1 Å². The van der Waals surface area contributed by atoms with Gasteiger partial charge in [-0.2, -0.15) is 0 Å². The SMILES string of the molecule is CN1CCC(c2nnc(COc3ccc(F)cc3)o2)C1. The van der Waals surface area contributed by atoms with E-state index < -0.39 is 0 Å². The monoisotopic (exact) mass is 277 g/mol. The summed E-state index contributed by atoms with van der Waals surface area (Å²) in [6.07, 6.45) is 1.04. The molecule has 0 N–H and O–H groups in total. The molecule has 1 aliphatic heterocycles. The average Bonchev–Trinajstić information content (AvgIpc) is 3.07. The summed E-state index contributed by atoms with van der Waals surface area (Å²) < 4.78 is 23.8. The van der Waals surface area contributed by atoms with Crippen LogP contribution in [0.15, 0.2) is 28.7 Å². The molecule has 0 aliphatic carbocycles. The maximum atomic E-state index is 12.8. The molecule has 1 saturated heterocycles. The average molecular weight is 277 g/mol. The van der Waals surface area contributed by atoms with Gasteiger partial charge in [-0.25, -0.2) is 4.39 Å². The highest BCUT2D eigenvalue weighted by atomic mass is 19.1. The van der Waals surface area contributed by atoms with Crippen molar-refractivity contribution in [3.05, 3.63) is 41.9 Å². The zero-order chi connectivity index (χ0) is 13.9. The van der Waals surface area contributed by atoms with Gasteiger partial charge in [0.2, 0.25) is 5.89 Å². The summed E-state index contributed by atoms with van der Waals surface area (Å²) in [6.45, 7) is 2.19. The predicted octanol–water partition coefficient (Wildman–Crippen LogP) is 2.21. The van der Waals surface area contributed by atoms with E-state index in [4.69, 9.17) is 9.15 Å². The maximum Gasteiger partial charge on any atom is 0.253 e. The van der Waals surface area contributed by atoms with Crippen LogP contribution in [0.4, 0.5) is 4.39 Å². The number of ether oxygens (including phenoxy) is 1. The second-order valence-corrected chi connectivity index (χ2v) is 5.02. The van der Waals surface area contributed by atoms with Crippen molar-refractivity contribution < 1.29 is 13.5 Å². The second kappa shape index (κ2) is 5.58. The van der Waals surface area contributed by atoms with Crippen molar-refractivity contribution in [3.63, 3.8) is 0 Å². The molecule has 1 fully saturated rings. The number of hydrogen-bond donors (Lipinski definition) is 0. The first-order chi connectivity index (χ1) is 9.70. The minimum Gasteiger partial charge on any atom is -0.484 e. The van der Waals surface area contributed by atoms with Crippen LogP contribution in [0, 0.1) is 5.82 Å². The highest BCUT2D eigenvalue weighted by molar-refractivity contribution is 5.22. The summed E-state index contributed by atoms with van der Waals surface area (Å²) in [7, 11) is 2.08. The van der Waals surface area contributed by atoms with Gasteiger partial charge in [0.05, 0.1) is 5.92 Å². The number of halogens is 1. The van der Waals surface area contributed by atoms with Crippen molar-refractivity contribution in [2.45, 2.75) is 18.9 Å². The van der Waals surface area contributed by atoms with Crippen LogP contribution < -0.4 is 4.74 Å². The summed E-state index contributed by atoms with van der Waals surface area (Å²) in [5.41, 5.74) is 0. The van der Waals surface area contributed by atoms with E-state index in [0.29, 0.717) is 23.4 Å². The van der Waals surface area contributed by atoms with Gasteiger partial charge in [-0.15, -0.1) is 10.2 Å². The Morgan fingerprint density at radius 1 is 1.35 bits per heavy atom. The summed E-state index contributed by atoms with van der Waals surface area (Å²) in [6, 6.07) is 5.84. The molecule has 1 aromatic carbocycles. The Kier molecular flexibility index (Phi) is 3.64. The standard InChI is InChI=1S/C14H16FN3O2/c1-18-7-6-10(8-18)14-17-16-13(20-14)9-19-12-4-2-11(15)3-5-12/h2-5,10H,6-9H2,1H3. The number of hydrogen-bond acceptors (Lipinski definition) is 5. The first kappa shape index (κ1) is 13.1. The van der Waals surface area contributed by atoms with Crippen molar-refractivity contribution in [2.24, 2.45) is 0 Å². The molecule has 0 spiro atoms. The van der Waals surface area contributed by atoms with Crippen molar-refractivity contribution >= 4 is 0 Å². The van der Waals surface area contributed by atoms with Gasteiger partial charge in [0, 0.05) is 6.54 Å². The van der Waals surface area contributed by atoms with Gasteiger partial charge in [-0.1, -0.05) is 0 Å². The number of likely N-dealkylation sites (N-methyl/N-ethyl adjacent to an activating group) is 1. The van der Waals surface area contributed by atoms with E-state index in [9.17, 15) is 4.39 Å². The molecule has 0 saturated carbocycles. The molecule has 5 nitrogen and oxygen atoms in total. The van der Waals surface area contributed by atoms with Crippen LogP contribution in [-0.2, 0) is 6.61 Å². The number of likely N-dealkylation sites (tertiary alicyclic amines) is 1. The van der Waals surface area contributed by atoms with E-state index in [1.54, 1.807) is 12.1 Å². The first-order valence-corrected chi connectivity index (χ1v) is 6.60. The Balaban J connectivity index is 1.58. The molecular weight excluding hydrogens is 261 g/mol. The molecule has 1 aliphatic rings. The van der Waals surface area contributed by atoms with Crippen LogP contribution in [0.3, 0.4) is 0 Å². The third-order valence-corrected chi connectivity index (χ3v) is 3.40. The van der Waals surface area contributed by atoms with Crippen LogP contribution in [0.5, 0.6) is 5.75 Å². The van der Waals surface area contributed by atoms with Gasteiger partial charge in [-0.05, 0) is 44.3 Å². The Morgan fingerprint density at radius 3 is 2.85 bits per heavy atom. The number of benzene rings is 1. The Labute approximate surface area is 116 Å². The summed E-state index contributed by atoms with van der Waals surface area (Å²) >= 11 is 0. The van der Waals surface area contributed by atoms with E-state index in [1.165, 1.54) is 12.1 Å². The maximum absolute atomic E-state index is 12.8.